The van der Waals surface area contributed by atoms with Gasteiger partial charge in [-0.1, -0.05) is 18.2 Å². The van der Waals surface area contributed by atoms with Crippen molar-refractivity contribution in [2.75, 3.05) is 19.0 Å². The standard InChI is InChI=1S/C22H23N3O3/c1-27-16-9-11-17(12-10-16)28-15-22(26)24-19-7-3-2-6-18(19)20-14-25-13-5-4-8-21(25)23-20/h2-3,6-7,9-12,14H,4-5,8,13,15H2,1H3,(H,24,26). The summed E-state index contributed by atoms with van der Waals surface area (Å²) in [5.74, 6) is 2.26. The zero-order chi connectivity index (χ0) is 19.3. The number of carbonyl (C=O) groups excluding carboxylic acids is 1. The highest BCUT2D eigenvalue weighted by Crippen LogP contribution is 2.29. The minimum atomic E-state index is -0.216. The number of carbonyl (C=O) groups is 1. The Morgan fingerprint density at radius 1 is 1.11 bits per heavy atom. The second kappa shape index (κ2) is 8.17. The van der Waals surface area contributed by atoms with E-state index in [2.05, 4.69) is 16.1 Å². The molecule has 144 valence electrons. The topological polar surface area (TPSA) is 65.4 Å². The molecule has 1 N–H and O–H groups in total. The van der Waals surface area contributed by atoms with Crippen molar-refractivity contribution in [1.82, 2.24) is 9.55 Å². The Hall–Kier alpha value is -3.28. The van der Waals surface area contributed by atoms with Crippen molar-refractivity contribution in [3.05, 3.63) is 60.6 Å². The number of ether oxygens (including phenoxy) is 2. The van der Waals surface area contributed by atoms with Crippen molar-refractivity contribution in [3.63, 3.8) is 0 Å². The Morgan fingerprint density at radius 3 is 2.68 bits per heavy atom. The number of anilines is 1. The number of amides is 1. The number of nitrogens with zero attached hydrogens (tertiary/aromatic N) is 2. The lowest BCUT2D eigenvalue weighted by atomic mass is 10.1. The van der Waals surface area contributed by atoms with Crippen LogP contribution in [0.15, 0.2) is 54.7 Å². The fraction of sp³-hybridized carbons (Fsp3) is 0.273. The molecule has 0 spiro atoms. The molecule has 0 aliphatic carbocycles. The monoisotopic (exact) mass is 377 g/mol. The highest BCUT2D eigenvalue weighted by Gasteiger charge is 2.16. The number of nitrogens with one attached hydrogen (secondary N) is 1. The molecule has 2 aromatic carbocycles. The first kappa shape index (κ1) is 18.1. The summed E-state index contributed by atoms with van der Waals surface area (Å²) in [4.78, 5) is 17.2. The number of fused-ring (bicyclic) bond motifs is 1. The van der Waals surface area contributed by atoms with E-state index in [0.29, 0.717) is 5.75 Å². The average molecular weight is 377 g/mol. The zero-order valence-corrected chi connectivity index (χ0v) is 15.9. The van der Waals surface area contributed by atoms with Crippen LogP contribution in [0.2, 0.25) is 0 Å². The molecule has 6 heteroatoms. The third kappa shape index (κ3) is 4.01. The van der Waals surface area contributed by atoms with Gasteiger partial charge in [-0.15, -0.1) is 0 Å². The zero-order valence-electron chi connectivity index (χ0n) is 15.9. The molecule has 6 nitrogen and oxygen atoms in total. The summed E-state index contributed by atoms with van der Waals surface area (Å²) in [6.07, 6.45) is 5.44. The number of hydrogen-bond acceptors (Lipinski definition) is 4. The van der Waals surface area contributed by atoms with Crippen molar-refractivity contribution < 1.29 is 14.3 Å². The molecule has 1 amide bonds. The van der Waals surface area contributed by atoms with E-state index in [1.54, 1.807) is 31.4 Å². The Morgan fingerprint density at radius 2 is 1.89 bits per heavy atom. The van der Waals surface area contributed by atoms with Gasteiger partial charge in [0.25, 0.3) is 5.91 Å². The van der Waals surface area contributed by atoms with Gasteiger partial charge in [0.2, 0.25) is 0 Å². The molecule has 1 aliphatic rings. The van der Waals surface area contributed by atoms with E-state index in [9.17, 15) is 4.79 Å². The first-order valence-electron chi connectivity index (χ1n) is 9.45. The summed E-state index contributed by atoms with van der Waals surface area (Å²) < 4.78 is 12.9. The number of rotatable bonds is 6. The van der Waals surface area contributed by atoms with Gasteiger partial charge < -0.3 is 19.4 Å². The molecule has 0 saturated heterocycles. The Balaban J connectivity index is 1.44. The first-order valence-corrected chi connectivity index (χ1v) is 9.45. The SMILES string of the molecule is COc1ccc(OCC(=O)Nc2ccccc2-c2cn3c(n2)CCCC3)cc1. The van der Waals surface area contributed by atoms with E-state index < -0.39 is 0 Å². The first-order chi connectivity index (χ1) is 13.7. The molecule has 0 bridgehead atoms. The van der Waals surface area contributed by atoms with Gasteiger partial charge in [-0.3, -0.25) is 4.79 Å². The van der Waals surface area contributed by atoms with Crippen LogP contribution < -0.4 is 14.8 Å². The van der Waals surface area contributed by atoms with Crippen LogP contribution in [0.4, 0.5) is 5.69 Å². The lowest BCUT2D eigenvalue weighted by molar-refractivity contribution is -0.118. The van der Waals surface area contributed by atoms with Crippen LogP contribution >= 0.6 is 0 Å². The molecule has 4 rings (SSSR count). The van der Waals surface area contributed by atoms with Gasteiger partial charge >= 0.3 is 0 Å². The number of imidazole rings is 1. The number of benzene rings is 2. The molecule has 0 unspecified atom stereocenters. The second-order valence-corrected chi connectivity index (χ2v) is 6.75. The van der Waals surface area contributed by atoms with Crippen molar-refractivity contribution in [1.29, 1.82) is 0 Å². The molecular weight excluding hydrogens is 354 g/mol. The van der Waals surface area contributed by atoms with E-state index >= 15 is 0 Å². The number of methoxy groups -OCH3 is 1. The summed E-state index contributed by atoms with van der Waals surface area (Å²) in [6.45, 7) is 0.937. The fourth-order valence-electron chi connectivity index (χ4n) is 3.36. The number of aryl methyl sites for hydroxylation is 2. The summed E-state index contributed by atoms with van der Waals surface area (Å²) >= 11 is 0. The number of para-hydroxylation sites is 1. The largest absolute Gasteiger partial charge is 0.497 e. The van der Waals surface area contributed by atoms with Crippen LogP contribution in [0.5, 0.6) is 11.5 Å². The molecule has 0 radical (unpaired) electrons. The molecule has 3 aromatic rings. The number of hydrogen-bond donors (Lipinski definition) is 1. The Kier molecular flexibility index (Phi) is 5.28. The maximum Gasteiger partial charge on any atom is 0.262 e. The Labute approximate surface area is 164 Å². The van der Waals surface area contributed by atoms with Crippen molar-refractivity contribution in [2.24, 2.45) is 0 Å². The van der Waals surface area contributed by atoms with Gasteiger partial charge in [0, 0.05) is 24.7 Å². The summed E-state index contributed by atoms with van der Waals surface area (Å²) in [6, 6.07) is 14.9. The van der Waals surface area contributed by atoms with Crippen LogP contribution in [0.3, 0.4) is 0 Å². The van der Waals surface area contributed by atoms with E-state index in [4.69, 9.17) is 14.5 Å². The predicted octanol–water partition coefficient (Wildman–Crippen LogP) is 3.91. The normalized spacial score (nSPS) is 12.9. The van der Waals surface area contributed by atoms with Gasteiger partial charge in [0.05, 0.1) is 18.5 Å². The maximum atomic E-state index is 12.4. The molecule has 1 aromatic heterocycles. The van der Waals surface area contributed by atoms with Crippen LogP contribution in [-0.2, 0) is 17.8 Å². The second-order valence-electron chi connectivity index (χ2n) is 6.75. The van der Waals surface area contributed by atoms with Gasteiger partial charge in [-0.25, -0.2) is 4.98 Å². The molecule has 2 heterocycles. The highest BCUT2D eigenvalue weighted by atomic mass is 16.5. The van der Waals surface area contributed by atoms with Gasteiger partial charge in [-0.2, -0.15) is 0 Å². The van der Waals surface area contributed by atoms with E-state index in [1.165, 1.54) is 12.8 Å². The molecule has 0 saturated carbocycles. The smallest absolute Gasteiger partial charge is 0.262 e. The van der Waals surface area contributed by atoms with Crippen LogP contribution in [0.1, 0.15) is 18.7 Å². The van der Waals surface area contributed by atoms with Crippen LogP contribution in [-0.4, -0.2) is 29.2 Å². The molecule has 0 fully saturated rings. The van der Waals surface area contributed by atoms with Gasteiger partial charge in [-0.05, 0) is 43.2 Å². The van der Waals surface area contributed by atoms with Crippen molar-refractivity contribution >= 4 is 11.6 Å². The van der Waals surface area contributed by atoms with Crippen LogP contribution in [0, 0.1) is 0 Å². The Bertz CT molecular complexity index is 940. The lowest BCUT2D eigenvalue weighted by Gasteiger charge is -2.11. The number of aromatic nitrogens is 2. The van der Waals surface area contributed by atoms with Gasteiger partial charge in [0.15, 0.2) is 6.61 Å². The van der Waals surface area contributed by atoms with Gasteiger partial charge in [0.1, 0.15) is 17.3 Å². The predicted molar refractivity (Wildman–Crippen MR) is 108 cm³/mol. The van der Waals surface area contributed by atoms with E-state index in [-0.39, 0.29) is 12.5 Å². The summed E-state index contributed by atoms with van der Waals surface area (Å²) in [5, 5.41) is 2.94. The molecule has 28 heavy (non-hydrogen) atoms. The van der Waals surface area contributed by atoms with Crippen molar-refractivity contribution in [2.45, 2.75) is 25.8 Å². The van der Waals surface area contributed by atoms with E-state index in [1.807, 2.05) is 24.3 Å². The third-order valence-electron chi connectivity index (χ3n) is 4.82. The van der Waals surface area contributed by atoms with Crippen molar-refractivity contribution in [3.8, 4) is 22.8 Å². The lowest BCUT2D eigenvalue weighted by Crippen LogP contribution is -2.20. The summed E-state index contributed by atoms with van der Waals surface area (Å²) in [5.41, 5.74) is 2.55. The molecule has 1 aliphatic heterocycles. The van der Waals surface area contributed by atoms with Crippen LogP contribution in [0.25, 0.3) is 11.3 Å². The molecule has 0 atom stereocenters. The third-order valence-corrected chi connectivity index (χ3v) is 4.82. The highest BCUT2D eigenvalue weighted by molar-refractivity contribution is 5.95. The minimum Gasteiger partial charge on any atom is -0.497 e. The average Bonchev–Trinajstić information content (AvgIpc) is 3.17. The molecular formula is C22H23N3O3. The minimum absolute atomic E-state index is 0.0691. The fourth-order valence-corrected chi connectivity index (χ4v) is 3.36. The van der Waals surface area contributed by atoms with E-state index in [0.717, 1.165) is 41.5 Å². The summed E-state index contributed by atoms with van der Waals surface area (Å²) in [7, 11) is 1.61. The quantitative estimate of drug-likeness (QED) is 0.707. The maximum absolute atomic E-state index is 12.4.